The summed E-state index contributed by atoms with van der Waals surface area (Å²) in [7, 11) is 0. The number of hydrogen-bond acceptors (Lipinski definition) is 2. The van der Waals surface area contributed by atoms with Crippen LogP contribution in [0.1, 0.15) is 59.8 Å². The van der Waals surface area contributed by atoms with E-state index >= 15 is 0 Å². The van der Waals surface area contributed by atoms with Crippen LogP contribution < -0.4 is 10.2 Å². The van der Waals surface area contributed by atoms with Gasteiger partial charge in [-0.2, -0.15) is 0 Å². The van der Waals surface area contributed by atoms with Crippen LogP contribution in [0.3, 0.4) is 0 Å². The predicted octanol–water partition coefficient (Wildman–Crippen LogP) is 6.20. The van der Waals surface area contributed by atoms with Gasteiger partial charge in [-0.05, 0) is 73.4 Å². The summed E-state index contributed by atoms with van der Waals surface area (Å²) in [6.07, 6.45) is 4.37. The second-order valence-corrected chi connectivity index (χ2v) is 9.12. The highest BCUT2D eigenvalue weighted by Gasteiger charge is 2.18. The van der Waals surface area contributed by atoms with E-state index in [0.717, 1.165) is 48.5 Å². The molecule has 2 atom stereocenters. The molecule has 1 aliphatic rings. The van der Waals surface area contributed by atoms with Crippen molar-refractivity contribution in [3.63, 3.8) is 0 Å². The highest BCUT2D eigenvalue weighted by molar-refractivity contribution is 5.96. The molecule has 3 aromatic rings. The van der Waals surface area contributed by atoms with Crippen LogP contribution in [0.15, 0.2) is 78.9 Å². The Kier molecular flexibility index (Phi) is 7.26. The average Bonchev–Trinajstić information content (AvgIpc) is 2.83. The Labute approximate surface area is 192 Å². The molecule has 1 fully saturated rings. The maximum atomic E-state index is 13.1. The van der Waals surface area contributed by atoms with Crippen molar-refractivity contribution < 1.29 is 4.79 Å². The zero-order chi connectivity index (χ0) is 22.3. The molecule has 1 saturated heterocycles. The van der Waals surface area contributed by atoms with E-state index in [1.807, 2.05) is 24.3 Å². The fourth-order valence-corrected chi connectivity index (χ4v) is 4.64. The smallest absolute Gasteiger partial charge is 0.252 e. The van der Waals surface area contributed by atoms with Gasteiger partial charge in [0.25, 0.3) is 5.91 Å². The van der Waals surface area contributed by atoms with Crippen LogP contribution >= 0.6 is 0 Å². The molecule has 3 aromatic carbocycles. The van der Waals surface area contributed by atoms with E-state index in [-0.39, 0.29) is 11.9 Å². The van der Waals surface area contributed by atoms with Crippen LogP contribution in [0.4, 0.5) is 5.69 Å². The highest BCUT2D eigenvalue weighted by Crippen LogP contribution is 2.25. The Hall–Kier alpha value is -3.07. The lowest BCUT2D eigenvalue weighted by Crippen LogP contribution is -2.34. The standard InChI is InChI=1S/C29H34N2O/c1-22-9-8-20-31(21-22)27-18-16-25(17-19-27)23(2)30-29(32)28-13-7-6-12-26(28)15-14-24-10-4-3-5-11-24/h3-7,10-13,16-19,22-23H,8-9,14-15,20-21H2,1-2H3,(H,30,32). The van der Waals surface area contributed by atoms with Gasteiger partial charge in [0, 0.05) is 24.3 Å². The molecule has 3 nitrogen and oxygen atoms in total. The normalized spacial score (nSPS) is 17.1. The molecule has 0 saturated carbocycles. The number of amides is 1. The molecule has 0 aliphatic carbocycles. The molecule has 0 bridgehead atoms. The molecule has 4 rings (SSSR count). The zero-order valence-corrected chi connectivity index (χ0v) is 19.3. The molecule has 1 amide bonds. The molecule has 0 spiro atoms. The summed E-state index contributed by atoms with van der Waals surface area (Å²) in [5.41, 5.74) is 5.57. The Morgan fingerprint density at radius 3 is 2.44 bits per heavy atom. The molecule has 1 N–H and O–H groups in total. The SMILES string of the molecule is CC1CCCN(c2ccc(C(C)NC(=O)c3ccccc3CCc3ccccc3)cc2)C1. The average molecular weight is 427 g/mol. The summed E-state index contributed by atoms with van der Waals surface area (Å²) >= 11 is 0. The van der Waals surface area contributed by atoms with Crippen LogP contribution in [-0.2, 0) is 12.8 Å². The van der Waals surface area contributed by atoms with Crippen LogP contribution in [0.2, 0.25) is 0 Å². The minimum atomic E-state index is -0.0426. The van der Waals surface area contributed by atoms with Gasteiger partial charge in [0.1, 0.15) is 0 Å². The van der Waals surface area contributed by atoms with E-state index in [2.05, 4.69) is 78.7 Å². The maximum Gasteiger partial charge on any atom is 0.252 e. The molecule has 0 radical (unpaired) electrons. The summed E-state index contributed by atoms with van der Waals surface area (Å²) in [6, 6.07) is 27.1. The number of nitrogens with zero attached hydrogens (tertiary/aromatic N) is 1. The number of carbonyl (C=O) groups excluding carboxylic acids is 1. The number of rotatable bonds is 7. The largest absolute Gasteiger partial charge is 0.371 e. The lowest BCUT2D eigenvalue weighted by atomic mass is 9.98. The fourth-order valence-electron chi connectivity index (χ4n) is 4.64. The lowest BCUT2D eigenvalue weighted by Gasteiger charge is -2.33. The molecule has 1 aliphatic heterocycles. The number of piperidine rings is 1. The molecule has 2 unspecified atom stereocenters. The second kappa shape index (κ2) is 10.5. The van der Waals surface area contributed by atoms with E-state index in [1.165, 1.54) is 24.1 Å². The predicted molar refractivity (Wildman–Crippen MR) is 133 cm³/mol. The molecule has 3 heteroatoms. The van der Waals surface area contributed by atoms with Crippen molar-refractivity contribution in [1.82, 2.24) is 5.32 Å². The van der Waals surface area contributed by atoms with Gasteiger partial charge in [0.05, 0.1) is 6.04 Å². The molecular weight excluding hydrogens is 392 g/mol. The number of benzene rings is 3. The first-order valence-corrected chi connectivity index (χ1v) is 11.9. The fraction of sp³-hybridized carbons (Fsp3) is 0.345. The summed E-state index contributed by atoms with van der Waals surface area (Å²) in [5.74, 6) is 0.749. The number of aryl methyl sites for hydroxylation is 2. The molecule has 32 heavy (non-hydrogen) atoms. The molecular formula is C29H34N2O. The monoisotopic (exact) mass is 426 g/mol. The molecule has 166 valence electrons. The summed E-state index contributed by atoms with van der Waals surface area (Å²) in [6.45, 7) is 6.65. The Balaban J connectivity index is 1.39. The summed E-state index contributed by atoms with van der Waals surface area (Å²) < 4.78 is 0. The van der Waals surface area contributed by atoms with Crippen molar-refractivity contribution in [3.8, 4) is 0 Å². The van der Waals surface area contributed by atoms with Gasteiger partial charge in [-0.3, -0.25) is 4.79 Å². The van der Waals surface area contributed by atoms with Gasteiger partial charge in [-0.15, -0.1) is 0 Å². The van der Waals surface area contributed by atoms with Crippen LogP contribution in [0.5, 0.6) is 0 Å². The van der Waals surface area contributed by atoms with Crippen molar-refractivity contribution >= 4 is 11.6 Å². The quantitative estimate of drug-likeness (QED) is 0.488. The maximum absolute atomic E-state index is 13.1. The van der Waals surface area contributed by atoms with E-state index in [4.69, 9.17) is 0 Å². The summed E-state index contributed by atoms with van der Waals surface area (Å²) in [4.78, 5) is 15.6. The van der Waals surface area contributed by atoms with E-state index in [9.17, 15) is 4.79 Å². The van der Waals surface area contributed by atoms with Crippen LogP contribution in [-0.4, -0.2) is 19.0 Å². The van der Waals surface area contributed by atoms with E-state index < -0.39 is 0 Å². The zero-order valence-electron chi connectivity index (χ0n) is 19.3. The van der Waals surface area contributed by atoms with Gasteiger partial charge in [-0.1, -0.05) is 67.6 Å². The Bertz CT molecular complexity index is 1010. The van der Waals surface area contributed by atoms with Gasteiger partial charge in [-0.25, -0.2) is 0 Å². The molecule has 0 aromatic heterocycles. The van der Waals surface area contributed by atoms with Gasteiger partial charge >= 0.3 is 0 Å². The van der Waals surface area contributed by atoms with Crippen molar-refractivity contribution in [2.45, 2.75) is 45.6 Å². The van der Waals surface area contributed by atoms with Crippen LogP contribution in [0.25, 0.3) is 0 Å². The topological polar surface area (TPSA) is 32.3 Å². The third-order valence-corrected chi connectivity index (χ3v) is 6.55. The van der Waals surface area contributed by atoms with E-state index in [1.54, 1.807) is 0 Å². The van der Waals surface area contributed by atoms with Crippen molar-refractivity contribution in [2.24, 2.45) is 5.92 Å². The lowest BCUT2D eigenvalue weighted by molar-refractivity contribution is 0.0939. The highest BCUT2D eigenvalue weighted by atomic mass is 16.1. The number of anilines is 1. The molecule has 1 heterocycles. The van der Waals surface area contributed by atoms with Crippen molar-refractivity contribution in [1.29, 1.82) is 0 Å². The summed E-state index contributed by atoms with van der Waals surface area (Å²) in [5, 5.41) is 3.20. The van der Waals surface area contributed by atoms with Crippen LogP contribution in [0, 0.1) is 5.92 Å². The second-order valence-electron chi connectivity index (χ2n) is 9.12. The minimum Gasteiger partial charge on any atom is -0.371 e. The van der Waals surface area contributed by atoms with Crippen molar-refractivity contribution in [2.75, 3.05) is 18.0 Å². The first-order valence-electron chi connectivity index (χ1n) is 11.9. The minimum absolute atomic E-state index is 0.00454. The number of nitrogens with one attached hydrogen (secondary N) is 1. The third kappa shape index (κ3) is 5.59. The Morgan fingerprint density at radius 2 is 1.69 bits per heavy atom. The number of carbonyl (C=O) groups is 1. The Morgan fingerprint density at radius 1 is 0.969 bits per heavy atom. The van der Waals surface area contributed by atoms with Crippen molar-refractivity contribution in [3.05, 3.63) is 101 Å². The van der Waals surface area contributed by atoms with Gasteiger partial charge in [0.2, 0.25) is 0 Å². The first kappa shape index (κ1) is 22.1. The first-order chi connectivity index (χ1) is 15.6. The van der Waals surface area contributed by atoms with E-state index in [0.29, 0.717) is 0 Å². The van der Waals surface area contributed by atoms with Gasteiger partial charge < -0.3 is 10.2 Å². The third-order valence-electron chi connectivity index (χ3n) is 6.55. The number of hydrogen-bond donors (Lipinski definition) is 1. The van der Waals surface area contributed by atoms with Gasteiger partial charge in [0.15, 0.2) is 0 Å².